The van der Waals surface area contributed by atoms with Gasteiger partial charge in [0.25, 0.3) is 0 Å². The van der Waals surface area contributed by atoms with Crippen LogP contribution in [0, 0.1) is 0 Å². The van der Waals surface area contributed by atoms with E-state index >= 15 is 0 Å². The van der Waals surface area contributed by atoms with Crippen LogP contribution in [0.15, 0.2) is 22.8 Å². The van der Waals surface area contributed by atoms with Gasteiger partial charge in [-0.15, -0.1) is 0 Å². The lowest BCUT2D eigenvalue weighted by Crippen LogP contribution is -2.41. The molecule has 0 radical (unpaired) electrons. The summed E-state index contributed by atoms with van der Waals surface area (Å²) >= 11 is 0. The Kier molecular flexibility index (Phi) is 4.74. The van der Waals surface area contributed by atoms with Crippen molar-refractivity contribution in [2.45, 2.75) is 45.6 Å². The predicted molar refractivity (Wildman–Crippen MR) is 62.4 cm³/mol. The first kappa shape index (κ1) is 13.0. The van der Waals surface area contributed by atoms with Crippen LogP contribution in [-0.2, 0) is 16.0 Å². The average Bonchev–Trinajstić information content (AvgIpc) is 2.78. The number of hydrogen-bond donors (Lipinski definition) is 0. The van der Waals surface area contributed by atoms with Gasteiger partial charge < -0.3 is 9.15 Å². The van der Waals surface area contributed by atoms with Crippen LogP contribution in [0.3, 0.4) is 0 Å². The second kappa shape index (κ2) is 5.85. The van der Waals surface area contributed by atoms with Gasteiger partial charge in [0.2, 0.25) is 0 Å². The first-order valence-electron chi connectivity index (χ1n) is 5.88. The van der Waals surface area contributed by atoms with Gasteiger partial charge in [0.1, 0.15) is 11.4 Å². The van der Waals surface area contributed by atoms with Crippen LogP contribution in [-0.4, -0.2) is 18.0 Å². The number of carbonyl (C=O) groups is 1. The summed E-state index contributed by atoms with van der Waals surface area (Å²) in [7, 11) is 0. The van der Waals surface area contributed by atoms with E-state index in [0.717, 1.165) is 0 Å². The number of carbonyl (C=O) groups excluding carboxylic acids is 1. The van der Waals surface area contributed by atoms with Crippen molar-refractivity contribution in [3.8, 4) is 0 Å². The lowest BCUT2D eigenvalue weighted by molar-refractivity contribution is -0.145. The molecule has 1 rings (SSSR count). The fraction of sp³-hybridized carbons (Fsp3) is 0.615. The molecule has 0 saturated carbocycles. The molecule has 0 aromatic carbocycles. The molecule has 0 atom stereocenters. The highest BCUT2D eigenvalue weighted by atomic mass is 16.5. The molecule has 0 saturated heterocycles. The molecule has 0 N–H and O–H groups in total. The Labute approximate surface area is 96.8 Å². The van der Waals surface area contributed by atoms with Gasteiger partial charge in [-0.1, -0.05) is 13.8 Å². The zero-order valence-electron chi connectivity index (χ0n) is 10.3. The Morgan fingerprint density at radius 1 is 1.38 bits per heavy atom. The van der Waals surface area contributed by atoms with Gasteiger partial charge in [-0.05, 0) is 31.9 Å². The molecule has 1 aromatic rings. The quantitative estimate of drug-likeness (QED) is 0.714. The van der Waals surface area contributed by atoms with E-state index in [9.17, 15) is 4.79 Å². The number of furan rings is 1. The normalized spacial score (nSPS) is 11.7. The van der Waals surface area contributed by atoms with E-state index in [2.05, 4.69) is 0 Å². The summed E-state index contributed by atoms with van der Waals surface area (Å²) in [6.07, 6.45) is 3.31. The highest BCUT2D eigenvalue weighted by Gasteiger charge is 2.35. The summed E-state index contributed by atoms with van der Waals surface area (Å²) in [5.41, 5.74) is -0.637. The molecule has 1 heterocycles. The van der Waals surface area contributed by atoms with Crippen LogP contribution in [0.4, 0.5) is 0 Å². The molecule has 0 fully saturated rings. The molecular formula is C13H20O3. The van der Waals surface area contributed by atoms with Crippen molar-refractivity contribution in [2.75, 3.05) is 6.61 Å². The van der Waals surface area contributed by atoms with Crippen LogP contribution in [0.25, 0.3) is 0 Å². The molecular weight excluding hydrogens is 204 g/mol. The Morgan fingerprint density at radius 2 is 2.06 bits per heavy atom. The first-order chi connectivity index (χ1) is 7.68. The third-order valence-corrected chi connectivity index (χ3v) is 2.99. The Morgan fingerprint density at radius 3 is 2.50 bits per heavy atom. The van der Waals surface area contributed by atoms with Gasteiger partial charge in [-0.3, -0.25) is 4.79 Å². The molecule has 3 heteroatoms. The van der Waals surface area contributed by atoms with Gasteiger partial charge in [0.15, 0.2) is 5.78 Å². The standard InChI is InChI=1S/C13H20O3/c1-4-13(5-2,16-6-3)12(14)10-11-8-7-9-15-11/h7-9H,4-6,10H2,1-3H3. The lowest BCUT2D eigenvalue weighted by Gasteiger charge is -2.29. The van der Waals surface area contributed by atoms with E-state index in [4.69, 9.17) is 9.15 Å². The van der Waals surface area contributed by atoms with Crippen molar-refractivity contribution in [2.24, 2.45) is 0 Å². The van der Waals surface area contributed by atoms with E-state index in [-0.39, 0.29) is 5.78 Å². The van der Waals surface area contributed by atoms with Gasteiger partial charge >= 0.3 is 0 Å². The Balaban J connectivity index is 2.74. The van der Waals surface area contributed by atoms with E-state index in [1.807, 2.05) is 26.8 Å². The molecule has 16 heavy (non-hydrogen) atoms. The molecule has 1 aromatic heterocycles. The van der Waals surface area contributed by atoms with Crippen molar-refractivity contribution >= 4 is 5.78 Å². The molecule has 3 nitrogen and oxygen atoms in total. The Bertz CT molecular complexity index is 310. The first-order valence-corrected chi connectivity index (χ1v) is 5.88. The summed E-state index contributed by atoms with van der Waals surface area (Å²) in [4.78, 5) is 12.2. The van der Waals surface area contributed by atoms with Crippen molar-refractivity contribution < 1.29 is 13.9 Å². The van der Waals surface area contributed by atoms with Crippen molar-refractivity contribution in [3.63, 3.8) is 0 Å². The molecule has 0 unspecified atom stereocenters. The fourth-order valence-electron chi connectivity index (χ4n) is 1.94. The van der Waals surface area contributed by atoms with Gasteiger partial charge in [0, 0.05) is 6.61 Å². The molecule has 0 aliphatic carbocycles. The molecule has 0 aliphatic heterocycles. The lowest BCUT2D eigenvalue weighted by atomic mass is 9.89. The smallest absolute Gasteiger partial charge is 0.172 e. The second-order valence-electron chi connectivity index (χ2n) is 3.81. The van der Waals surface area contributed by atoms with Crippen molar-refractivity contribution in [1.29, 1.82) is 0 Å². The highest BCUT2D eigenvalue weighted by Crippen LogP contribution is 2.23. The maximum Gasteiger partial charge on any atom is 0.172 e. The maximum absolute atomic E-state index is 12.2. The largest absolute Gasteiger partial charge is 0.469 e. The number of Topliss-reactive ketones (excluding diaryl/α,β-unsaturated/α-hetero) is 1. The summed E-state index contributed by atoms with van der Waals surface area (Å²) < 4.78 is 10.8. The van der Waals surface area contributed by atoms with E-state index < -0.39 is 5.60 Å². The predicted octanol–water partition coefficient (Wildman–Crippen LogP) is 2.99. The molecule has 0 bridgehead atoms. The summed E-state index contributed by atoms with van der Waals surface area (Å²) in [6, 6.07) is 3.61. The fourth-order valence-corrected chi connectivity index (χ4v) is 1.94. The minimum atomic E-state index is -0.637. The topological polar surface area (TPSA) is 39.4 Å². The minimum Gasteiger partial charge on any atom is -0.469 e. The number of ether oxygens (including phenoxy) is 1. The monoisotopic (exact) mass is 224 g/mol. The van der Waals surface area contributed by atoms with Crippen LogP contribution in [0.1, 0.15) is 39.4 Å². The second-order valence-corrected chi connectivity index (χ2v) is 3.81. The van der Waals surface area contributed by atoms with Crippen LogP contribution >= 0.6 is 0 Å². The van der Waals surface area contributed by atoms with Crippen molar-refractivity contribution in [1.82, 2.24) is 0 Å². The number of hydrogen-bond acceptors (Lipinski definition) is 3. The maximum atomic E-state index is 12.2. The molecule has 0 aliphatic rings. The molecule has 0 amide bonds. The third kappa shape index (κ3) is 2.73. The third-order valence-electron chi connectivity index (χ3n) is 2.99. The van der Waals surface area contributed by atoms with E-state index in [0.29, 0.717) is 31.6 Å². The Hall–Kier alpha value is -1.09. The van der Waals surface area contributed by atoms with Gasteiger partial charge in [-0.2, -0.15) is 0 Å². The zero-order chi connectivity index (χ0) is 12.0. The number of ketones is 1. The van der Waals surface area contributed by atoms with Gasteiger partial charge in [0.05, 0.1) is 12.7 Å². The SMILES string of the molecule is CCOC(CC)(CC)C(=O)Cc1ccco1. The summed E-state index contributed by atoms with van der Waals surface area (Å²) in [6.45, 7) is 6.45. The molecule has 0 spiro atoms. The molecule has 90 valence electrons. The van der Waals surface area contributed by atoms with Crippen LogP contribution < -0.4 is 0 Å². The van der Waals surface area contributed by atoms with Crippen LogP contribution in [0.5, 0.6) is 0 Å². The van der Waals surface area contributed by atoms with Crippen LogP contribution in [0.2, 0.25) is 0 Å². The van der Waals surface area contributed by atoms with Crippen molar-refractivity contribution in [3.05, 3.63) is 24.2 Å². The van der Waals surface area contributed by atoms with E-state index in [1.54, 1.807) is 12.3 Å². The number of rotatable bonds is 7. The highest BCUT2D eigenvalue weighted by molar-refractivity contribution is 5.88. The zero-order valence-corrected chi connectivity index (χ0v) is 10.3. The average molecular weight is 224 g/mol. The minimum absolute atomic E-state index is 0.106. The summed E-state index contributed by atoms with van der Waals surface area (Å²) in [5, 5.41) is 0. The van der Waals surface area contributed by atoms with E-state index in [1.165, 1.54) is 0 Å². The van der Waals surface area contributed by atoms with Gasteiger partial charge in [-0.25, -0.2) is 0 Å². The summed E-state index contributed by atoms with van der Waals surface area (Å²) in [5.74, 6) is 0.810.